The number of anilines is 1. The Morgan fingerprint density at radius 3 is 2.54 bits per heavy atom. The largest absolute Gasteiger partial charge is 0.369 e. The van der Waals surface area contributed by atoms with Crippen LogP contribution in [0.4, 0.5) is 5.69 Å². The van der Waals surface area contributed by atoms with Gasteiger partial charge in [-0.15, -0.1) is 0 Å². The van der Waals surface area contributed by atoms with Gasteiger partial charge in [0.05, 0.1) is 10.9 Å². The molecule has 4 aromatic rings. The van der Waals surface area contributed by atoms with Crippen molar-refractivity contribution in [2.45, 2.75) is 0 Å². The van der Waals surface area contributed by atoms with Gasteiger partial charge in [-0.2, -0.15) is 0 Å². The van der Waals surface area contributed by atoms with Gasteiger partial charge in [0.25, 0.3) is 0 Å². The zero-order valence-electron chi connectivity index (χ0n) is 13.2. The summed E-state index contributed by atoms with van der Waals surface area (Å²) >= 11 is 0. The lowest BCUT2D eigenvalue weighted by Gasteiger charge is -2.29. The summed E-state index contributed by atoms with van der Waals surface area (Å²) in [5, 5.41) is 5.82. The molecule has 1 saturated heterocycles. The average molecular weight is 318 g/mol. The van der Waals surface area contributed by atoms with E-state index in [1.165, 1.54) is 0 Å². The van der Waals surface area contributed by atoms with Crippen LogP contribution in [-0.2, 0) is 0 Å². The quantitative estimate of drug-likeness (QED) is 0.505. The van der Waals surface area contributed by atoms with E-state index in [4.69, 9.17) is 0 Å². The van der Waals surface area contributed by atoms with Gasteiger partial charge in [0.15, 0.2) is 5.43 Å². The van der Waals surface area contributed by atoms with Crippen molar-refractivity contribution < 1.29 is 0 Å². The van der Waals surface area contributed by atoms with Gasteiger partial charge in [-0.05, 0) is 24.3 Å². The van der Waals surface area contributed by atoms with Crippen molar-refractivity contribution in [1.29, 1.82) is 0 Å². The standard InChI is InChI=1S/C19H18N4O/c24-18-14-6-5-12(23-9-7-20-8-10-23)11-16(14)22-19-17(18)13-3-1-2-4-15(13)21-19/h1-6,11,20H,7-10H2,(H2,21,22,24). The number of aromatic nitrogens is 2. The number of para-hydroxylation sites is 1. The molecule has 0 spiro atoms. The van der Waals surface area contributed by atoms with Crippen LogP contribution < -0.4 is 15.6 Å². The first-order valence-corrected chi connectivity index (χ1v) is 8.33. The maximum absolute atomic E-state index is 13.0. The van der Waals surface area contributed by atoms with Crippen molar-refractivity contribution in [2.24, 2.45) is 0 Å². The van der Waals surface area contributed by atoms with E-state index in [0.29, 0.717) is 0 Å². The zero-order chi connectivity index (χ0) is 16.1. The van der Waals surface area contributed by atoms with Crippen molar-refractivity contribution in [3.05, 3.63) is 52.7 Å². The van der Waals surface area contributed by atoms with Crippen molar-refractivity contribution in [3.8, 4) is 0 Å². The van der Waals surface area contributed by atoms with Crippen LogP contribution >= 0.6 is 0 Å². The lowest BCUT2D eigenvalue weighted by atomic mass is 10.1. The average Bonchev–Trinajstić information content (AvgIpc) is 3.00. The van der Waals surface area contributed by atoms with Crippen molar-refractivity contribution in [1.82, 2.24) is 15.3 Å². The summed E-state index contributed by atoms with van der Waals surface area (Å²) in [6.45, 7) is 3.97. The Morgan fingerprint density at radius 2 is 1.67 bits per heavy atom. The van der Waals surface area contributed by atoms with Crippen LogP contribution in [0.1, 0.15) is 0 Å². The molecule has 0 radical (unpaired) electrons. The number of fused-ring (bicyclic) bond motifs is 4. The summed E-state index contributed by atoms with van der Waals surface area (Å²) in [5.41, 5.74) is 3.91. The maximum Gasteiger partial charge on any atom is 0.199 e. The monoisotopic (exact) mass is 318 g/mol. The predicted octanol–water partition coefficient (Wildman–Crippen LogP) is 2.57. The Bertz CT molecular complexity index is 1120. The smallest absolute Gasteiger partial charge is 0.199 e. The molecule has 0 atom stereocenters. The normalized spacial score (nSPS) is 15.6. The lowest BCUT2D eigenvalue weighted by Crippen LogP contribution is -2.43. The topological polar surface area (TPSA) is 63.9 Å². The Labute approximate surface area is 138 Å². The second-order valence-corrected chi connectivity index (χ2v) is 6.34. The van der Waals surface area contributed by atoms with E-state index in [1.54, 1.807) is 0 Å². The van der Waals surface area contributed by atoms with Crippen molar-refractivity contribution >= 4 is 38.5 Å². The highest BCUT2D eigenvalue weighted by atomic mass is 16.1. The molecule has 5 rings (SSSR count). The van der Waals surface area contributed by atoms with Crippen LogP contribution in [-0.4, -0.2) is 36.1 Å². The van der Waals surface area contributed by atoms with Crippen molar-refractivity contribution in [3.63, 3.8) is 0 Å². The van der Waals surface area contributed by atoms with Crippen LogP contribution in [0.15, 0.2) is 47.3 Å². The van der Waals surface area contributed by atoms with Crippen LogP contribution in [0.5, 0.6) is 0 Å². The molecule has 1 aliphatic rings. The number of benzene rings is 2. The number of nitrogens with zero attached hydrogens (tertiary/aromatic N) is 1. The predicted molar refractivity (Wildman–Crippen MR) is 99.0 cm³/mol. The molecule has 24 heavy (non-hydrogen) atoms. The molecular weight excluding hydrogens is 300 g/mol. The van der Waals surface area contributed by atoms with E-state index in [0.717, 1.165) is 64.7 Å². The van der Waals surface area contributed by atoms with Crippen LogP contribution in [0.3, 0.4) is 0 Å². The molecule has 3 heterocycles. The van der Waals surface area contributed by atoms with Crippen LogP contribution in [0.25, 0.3) is 32.8 Å². The van der Waals surface area contributed by atoms with Gasteiger partial charge in [0.2, 0.25) is 0 Å². The molecule has 1 aliphatic heterocycles. The first kappa shape index (κ1) is 13.6. The minimum absolute atomic E-state index is 0.0862. The fraction of sp³-hybridized carbons (Fsp3) is 0.211. The third kappa shape index (κ3) is 1.95. The molecule has 2 aromatic heterocycles. The Kier molecular flexibility index (Phi) is 2.90. The fourth-order valence-corrected chi connectivity index (χ4v) is 3.69. The molecule has 2 aromatic carbocycles. The van der Waals surface area contributed by atoms with Crippen molar-refractivity contribution in [2.75, 3.05) is 31.1 Å². The van der Waals surface area contributed by atoms with E-state index in [-0.39, 0.29) is 5.43 Å². The number of pyridine rings is 1. The zero-order valence-corrected chi connectivity index (χ0v) is 13.2. The number of hydrogen-bond acceptors (Lipinski definition) is 3. The molecule has 0 saturated carbocycles. The summed E-state index contributed by atoms with van der Waals surface area (Å²) in [6.07, 6.45) is 0. The highest BCUT2D eigenvalue weighted by Crippen LogP contribution is 2.25. The van der Waals surface area contributed by atoms with E-state index >= 15 is 0 Å². The van der Waals surface area contributed by atoms with Gasteiger partial charge in [0, 0.05) is 48.2 Å². The van der Waals surface area contributed by atoms with Crippen LogP contribution in [0.2, 0.25) is 0 Å². The number of rotatable bonds is 1. The number of hydrogen-bond donors (Lipinski definition) is 3. The summed E-state index contributed by atoms with van der Waals surface area (Å²) in [6, 6.07) is 14.0. The summed E-state index contributed by atoms with van der Waals surface area (Å²) in [5.74, 6) is 0. The third-order valence-electron chi connectivity index (χ3n) is 4.92. The first-order chi connectivity index (χ1) is 11.8. The molecule has 120 valence electrons. The minimum Gasteiger partial charge on any atom is -0.369 e. The number of nitrogens with one attached hydrogen (secondary N) is 3. The fourth-order valence-electron chi connectivity index (χ4n) is 3.69. The second-order valence-electron chi connectivity index (χ2n) is 6.34. The van der Waals surface area contributed by atoms with Gasteiger partial charge in [-0.1, -0.05) is 18.2 Å². The Hall–Kier alpha value is -2.79. The summed E-state index contributed by atoms with van der Waals surface area (Å²) in [4.78, 5) is 22.1. The molecule has 0 amide bonds. The highest BCUT2D eigenvalue weighted by Gasteiger charge is 2.14. The molecule has 0 unspecified atom stereocenters. The number of H-pyrrole nitrogens is 2. The van der Waals surface area contributed by atoms with E-state index in [2.05, 4.69) is 32.3 Å². The van der Waals surface area contributed by atoms with Gasteiger partial charge >= 0.3 is 0 Å². The Balaban J connectivity index is 1.77. The van der Waals surface area contributed by atoms with E-state index < -0.39 is 0 Å². The minimum atomic E-state index is 0.0862. The Morgan fingerprint density at radius 1 is 0.875 bits per heavy atom. The van der Waals surface area contributed by atoms with Gasteiger partial charge in [0.1, 0.15) is 5.65 Å². The first-order valence-electron chi connectivity index (χ1n) is 8.33. The van der Waals surface area contributed by atoms with E-state index in [9.17, 15) is 4.79 Å². The van der Waals surface area contributed by atoms with Gasteiger partial charge < -0.3 is 20.2 Å². The lowest BCUT2D eigenvalue weighted by molar-refractivity contribution is 0.589. The molecule has 5 heteroatoms. The maximum atomic E-state index is 13.0. The summed E-state index contributed by atoms with van der Waals surface area (Å²) in [7, 11) is 0. The van der Waals surface area contributed by atoms with Gasteiger partial charge in [-0.3, -0.25) is 4.79 Å². The number of piperazine rings is 1. The molecule has 0 bridgehead atoms. The third-order valence-corrected chi connectivity index (χ3v) is 4.92. The molecule has 5 nitrogen and oxygen atoms in total. The SMILES string of the molecule is O=c1c2ccc(N3CCNCC3)cc2[nH]c2[nH]c3ccccc3c12. The van der Waals surface area contributed by atoms with Crippen LogP contribution in [0, 0.1) is 0 Å². The summed E-state index contributed by atoms with van der Waals surface area (Å²) < 4.78 is 0. The molecule has 1 fully saturated rings. The highest BCUT2D eigenvalue weighted by molar-refractivity contribution is 6.09. The second kappa shape index (κ2) is 5.11. The molecule has 3 N–H and O–H groups in total. The van der Waals surface area contributed by atoms with Gasteiger partial charge in [-0.25, -0.2) is 0 Å². The molecule has 0 aliphatic carbocycles. The molecular formula is C19H18N4O. The number of aromatic amines is 2. The van der Waals surface area contributed by atoms with E-state index in [1.807, 2.05) is 30.3 Å².